The molecule has 0 radical (unpaired) electrons. The molecule has 0 unspecified atom stereocenters. The molecule has 6 rings (SSSR count). The van der Waals surface area contributed by atoms with Gasteiger partial charge < -0.3 is 10.0 Å². The molecule has 200 valence electrons. The van der Waals surface area contributed by atoms with E-state index >= 15 is 0 Å². The molecule has 5 aromatic rings. The summed E-state index contributed by atoms with van der Waals surface area (Å²) in [6.07, 6.45) is 0. The van der Waals surface area contributed by atoms with Crippen molar-refractivity contribution in [2.75, 3.05) is 18.0 Å². The van der Waals surface area contributed by atoms with Gasteiger partial charge in [-0.2, -0.15) is 11.3 Å². The van der Waals surface area contributed by atoms with Crippen LogP contribution in [0.5, 0.6) is 0 Å². The first-order valence-corrected chi connectivity index (χ1v) is 14.8. The van der Waals surface area contributed by atoms with Gasteiger partial charge in [0.15, 0.2) is 0 Å². The first-order chi connectivity index (χ1) is 19.2. The Balaban J connectivity index is 1.68. The van der Waals surface area contributed by atoms with Gasteiger partial charge in [-0.25, -0.2) is 21.6 Å². The van der Waals surface area contributed by atoms with Gasteiger partial charge in [0.05, 0.1) is 28.6 Å². The summed E-state index contributed by atoms with van der Waals surface area (Å²) in [5.74, 6) is -1.89. The molecule has 3 heterocycles. The van der Waals surface area contributed by atoms with Gasteiger partial charge in [0, 0.05) is 45.9 Å². The van der Waals surface area contributed by atoms with Crippen LogP contribution in [0.15, 0.2) is 83.1 Å². The lowest BCUT2D eigenvalue weighted by molar-refractivity contribution is -0.142. The number of aromatic nitrogens is 1. The third kappa shape index (κ3) is 4.23. The number of rotatable bonds is 6. The lowest BCUT2D eigenvalue weighted by Gasteiger charge is -2.38. The van der Waals surface area contributed by atoms with Crippen LogP contribution in [-0.4, -0.2) is 36.6 Å². The fraction of sp³-hybridized carbons (Fsp3) is 0.103. The minimum atomic E-state index is -4.24. The van der Waals surface area contributed by atoms with Crippen molar-refractivity contribution in [3.05, 3.63) is 100 Å². The number of hydrogen-bond acceptors (Lipinski definition) is 5. The summed E-state index contributed by atoms with van der Waals surface area (Å²) in [6.45, 7) is 8.36. The number of benzene rings is 3. The highest BCUT2D eigenvalue weighted by atomic mass is 35.5. The van der Waals surface area contributed by atoms with Crippen LogP contribution in [0.1, 0.15) is 0 Å². The van der Waals surface area contributed by atoms with E-state index < -0.39 is 27.7 Å². The van der Waals surface area contributed by atoms with Crippen LogP contribution in [0.4, 0.5) is 15.1 Å². The number of aliphatic carboxylic acids is 1. The van der Waals surface area contributed by atoms with E-state index in [0.29, 0.717) is 45.2 Å². The topological polar surface area (TPSA) is 84.0 Å². The summed E-state index contributed by atoms with van der Waals surface area (Å²) in [4.78, 5) is 16.9. The Morgan fingerprint density at radius 3 is 2.52 bits per heavy atom. The van der Waals surface area contributed by atoms with E-state index in [1.807, 2.05) is 11.0 Å². The molecule has 1 N–H and O–H groups in total. The first-order valence-electron chi connectivity index (χ1n) is 12.1. The molecule has 1 saturated heterocycles. The molecule has 0 atom stereocenters. The van der Waals surface area contributed by atoms with Crippen molar-refractivity contribution in [2.45, 2.75) is 4.90 Å². The van der Waals surface area contributed by atoms with Crippen LogP contribution >= 0.6 is 22.9 Å². The molecule has 0 amide bonds. The second kappa shape index (κ2) is 9.78. The predicted octanol–water partition coefficient (Wildman–Crippen LogP) is 7.14. The van der Waals surface area contributed by atoms with Crippen molar-refractivity contribution in [2.24, 2.45) is 5.92 Å². The van der Waals surface area contributed by atoms with E-state index in [1.54, 1.807) is 29.6 Å². The summed E-state index contributed by atoms with van der Waals surface area (Å²) in [7, 11) is -4.24. The Kier molecular flexibility index (Phi) is 6.38. The molecular formula is C29H19ClFN3O4S2. The van der Waals surface area contributed by atoms with Crippen LogP contribution in [-0.2, 0) is 14.8 Å². The molecule has 7 nitrogen and oxygen atoms in total. The minimum Gasteiger partial charge on any atom is -0.481 e. The molecule has 1 aliphatic rings. The summed E-state index contributed by atoms with van der Waals surface area (Å²) in [5, 5.41) is 12.1. The van der Waals surface area contributed by atoms with Crippen LogP contribution in [0, 0.1) is 18.3 Å². The monoisotopic (exact) mass is 591 g/mol. The number of carbonyl (C=O) groups is 1. The highest BCUT2D eigenvalue weighted by Gasteiger charge is 2.34. The number of anilines is 1. The lowest BCUT2D eigenvalue weighted by Crippen LogP contribution is -2.50. The zero-order valence-electron chi connectivity index (χ0n) is 20.6. The van der Waals surface area contributed by atoms with Crippen molar-refractivity contribution >= 4 is 60.5 Å². The molecular weight excluding hydrogens is 573 g/mol. The Labute approximate surface area is 238 Å². The van der Waals surface area contributed by atoms with Gasteiger partial charge in [-0.05, 0) is 60.0 Å². The van der Waals surface area contributed by atoms with Gasteiger partial charge in [0.1, 0.15) is 5.82 Å². The molecule has 0 spiro atoms. The number of thiophene rings is 1. The highest BCUT2D eigenvalue weighted by Crippen LogP contribution is 2.48. The normalized spacial score (nSPS) is 13.8. The molecule has 0 bridgehead atoms. The van der Waals surface area contributed by atoms with Crippen LogP contribution in [0.2, 0.25) is 5.02 Å². The third-order valence-electron chi connectivity index (χ3n) is 6.97. The van der Waals surface area contributed by atoms with Crippen LogP contribution in [0.25, 0.3) is 38.1 Å². The number of fused-ring (bicyclic) bond motifs is 1. The standard InChI is InChI=1S/C29H19ClFN3O4S2/c1-32-28-23(11-12-39-28)26-24-14-20(31)7-10-25(24)34(40(37,38)22-8-5-19(30)6-9-22)27(26)17-3-2-4-21(13-17)33-15-18(16-33)29(35)36/h2-14,18H,15-16H2,(H,35,36). The average Bonchev–Trinajstić information content (AvgIpc) is 3.50. The molecule has 11 heteroatoms. The average molecular weight is 592 g/mol. The highest BCUT2D eigenvalue weighted by molar-refractivity contribution is 7.90. The van der Waals surface area contributed by atoms with Gasteiger partial charge in [-0.1, -0.05) is 29.8 Å². The maximum absolute atomic E-state index is 14.7. The van der Waals surface area contributed by atoms with E-state index in [0.717, 1.165) is 5.69 Å². The van der Waals surface area contributed by atoms with Crippen molar-refractivity contribution in [3.8, 4) is 22.4 Å². The maximum atomic E-state index is 14.7. The fourth-order valence-electron chi connectivity index (χ4n) is 5.00. The zero-order valence-corrected chi connectivity index (χ0v) is 23.0. The molecule has 40 heavy (non-hydrogen) atoms. The summed E-state index contributed by atoms with van der Waals surface area (Å²) in [5.41, 5.74) is 2.69. The van der Waals surface area contributed by atoms with Crippen LogP contribution < -0.4 is 4.90 Å². The van der Waals surface area contributed by atoms with Gasteiger partial charge >= 0.3 is 5.97 Å². The van der Waals surface area contributed by atoms with E-state index in [4.69, 9.17) is 18.2 Å². The van der Waals surface area contributed by atoms with Crippen LogP contribution in [0.3, 0.4) is 0 Å². The maximum Gasteiger partial charge on any atom is 0.310 e. The molecule has 3 aromatic carbocycles. The SMILES string of the molecule is [C-]#[N+]c1sccc1-c1c(-c2cccc(N3CC(C(=O)O)C3)c2)n(S(=O)(=O)c2ccc(Cl)cc2)c2ccc(F)cc12. The second-order valence-corrected chi connectivity index (χ2v) is 12.5. The van der Waals surface area contributed by atoms with Gasteiger partial charge in [-0.3, -0.25) is 4.79 Å². The minimum absolute atomic E-state index is 0.00940. The number of halogens is 2. The van der Waals surface area contributed by atoms with Gasteiger partial charge in [0.25, 0.3) is 10.0 Å². The fourth-order valence-corrected chi connectivity index (χ4v) is 7.36. The predicted molar refractivity (Wildman–Crippen MR) is 154 cm³/mol. The number of hydrogen-bond donors (Lipinski definition) is 1. The molecule has 1 fully saturated rings. The van der Waals surface area contributed by atoms with Crippen molar-refractivity contribution < 1.29 is 22.7 Å². The van der Waals surface area contributed by atoms with E-state index in [9.17, 15) is 22.7 Å². The van der Waals surface area contributed by atoms with Crippen molar-refractivity contribution in [1.29, 1.82) is 0 Å². The lowest BCUT2D eigenvalue weighted by atomic mass is 9.97. The third-order valence-corrected chi connectivity index (χ3v) is 9.76. The van der Waals surface area contributed by atoms with Crippen molar-refractivity contribution in [1.82, 2.24) is 3.97 Å². The number of carboxylic acid groups (broad SMARTS) is 1. The van der Waals surface area contributed by atoms with E-state index in [-0.39, 0.29) is 16.1 Å². The largest absolute Gasteiger partial charge is 0.481 e. The Bertz CT molecular complexity index is 1950. The van der Waals surface area contributed by atoms with Gasteiger partial charge in [-0.15, -0.1) is 0 Å². The molecule has 0 aliphatic carbocycles. The summed E-state index contributed by atoms with van der Waals surface area (Å²) < 4.78 is 44.4. The quantitative estimate of drug-likeness (QED) is 0.212. The second-order valence-electron chi connectivity index (χ2n) is 9.35. The number of nitrogens with zero attached hydrogens (tertiary/aromatic N) is 3. The Morgan fingerprint density at radius 2 is 1.82 bits per heavy atom. The van der Waals surface area contributed by atoms with Crippen molar-refractivity contribution in [3.63, 3.8) is 0 Å². The number of carboxylic acids is 1. The molecule has 0 saturated carbocycles. The first kappa shape index (κ1) is 26.1. The summed E-state index contributed by atoms with van der Waals surface area (Å²) in [6, 6.07) is 18.6. The zero-order chi connectivity index (χ0) is 28.2. The molecule has 2 aromatic heterocycles. The van der Waals surface area contributed by atoms with Gasteiger partial charge in [0.2, 0.25) is 5.00 Å². The Morgan fingerprint density at radius 1 is 1.07 bits per heavy atom. The molecule has 1 aliphatic heterocycles. The van der Waals surface area contributed by atoms with E-state index in [2.05, 4.69) is 4.85 Å². The van der Waals surface area contributed by atoms with E-state index in [1.165, 1.54) is 57.8 Å². The smallest absolute Gasteiger partial charge is 0.310 e. The Hall–Kier alpha value is -4.17. The summed E-state index contributed by atoms with van der Waals surface area (Å²) >= 11 is 7.25.